The molecule has 0 saturated carbocycles. The van der Waals surface area contributed by atoms with Gasteiger partial charge in [-0.3, -0.25) is 0 Å². The summed E-state index contributed by atoms with van der Waals surface area (Å²) in [5, 5.41) is 3.12. The molecular weight excluding hydrogens is 153 g/mol. The van der Waals surface area contributed by atoms with Gasteiger partial charge in [0.25, 0.3) is 0 Å². The van der Waals surface area contributed by atoms with Crippen LogP contribution in [-0.4, -0.2) is 6.54 Å². The largest absolute Gasteiger partial charge is 0.388 e. The summed E-state index contributed by atoms with van der Waals surface area (Å²) in [7, 11) is 0. The molecule has 1 heterocycles. The van der Waals surface area contributed by atoms with Crippen molar-refractivity contribution >= 4 is 6.08 Å². The Kier molecular flexibility index (Phi) is 1.82. The topological polar surface area (TPSA) is 12.0 Å². The van der Waals surface area contributed by atoms with Gasteiger partial charge in [-0.05, 0) is 12.1 Å². The summed E-state index contributed by atoms with van der Waals surface area (Å²) in [5.74, 6) is -0.154. The van der Waals surface area contributed by atoms with Gasteiger partial charge >= 0.3 is 0 Å². The quantitative estimate of drug-likeness (QED) is 0.669. The Hall–Kier alpha value is -1.31. The molecule has 0 spiro atoms. The van der Waals surface area contributed by atoms with Crippen molar-refractivity contribution in [2.24, 2.45) is 0 Å². The second kappa shape index (κ2) is 2.97. The van der Waals surface area contributed by atoms with Crippen LogP contribution in [0.1, 0.15) is 12.0 Å². The fourth-order valence-corrected chi connectivity index (χ4v) is 1.17. The van der Waals surface area contributed by atoms with Crippen molar-refractivity contribution in [2.45, 2.75) is 6.42 Å². The van der Waals surface area contributed by atoms with E-state index in [4.69, 9.17) is 0 Å². The summed E-state index contributed by atoms with van der Waals surface area (Å²) in [6.45, 7) is 1.01. The van der Waals surface area contributed by atoms with Crippen LogP contribution in [0.5, 0.6) is 0 Å². The van der Waals surface area contributed by atoms with Crippen molar-refractivity contribution in [3.63, 3.8) is 0 Å². The average Bonchev–Trinajstić information content (AvgIpc) is 2.00. The number of halogens is 1. The Labute approximate surface area is 70.9 Å². The lowest BCUT2D eigenvalue weighted by molar-refractivity contribution is 0.619. The monoisotopic (exact) mass is 163 g/mol. The average molecular weight is 163 g/mol. The third-order valence-electron chi connectivity index (χ3n) is 1.98. The SMILES string of the molecule is Fc1ccccc1C=C1CCN1. The van der Waals surface area contributed by atoms with E-state index in [1.807, 2.05) is 12.1 Å². The van der Waals surface area contributed by atoms with Crippen molar-refractivity contribution in [1.82, 2.24) is 5.32 Å². The Balaban J connectivity index is 2.27. The van der Waals surface area contributed by atoms with Crippen molar-refractivity contribution in [3.05, 3.63) is 41.3 Å². The van der Waals surface area contributed by atoms with E-state index in [1.54, 1.807) is 12.1 Å². The first-order valence-electron chi connectivity index (χ1n) is 4.05. The molecule has 1 aliphatic heterocycles. The molecule has 1 saturated heterocycles. The molecular formula is C10H10FN. The summed E-state index contributed by atoms with van der Waals surface area (Å²) in [6, 6.07) is 6.80. The van der Waals surface area contributed by atoms with Gasteiger partial charge in [-0.1, -0.05) is 18.2 Å². The molecule has 12 heavy (non-hydrogen) atoms. The lowest BCUT2D eigenvalue weighted by Crippen LogP contribution is -2.27. The number of hydrogen-bond acceptors (Lipinski definition) is 1. The van der Waals surface area contributed by atoms with Gasteiger partial charge in [-0.25, -0.2) is 4.39 Å². The highest BCUT2D eigenvalue weighted by Crippen LogP contribution is 2.15. The normalized spacial score (nSPS) is 18.6. The predicted molar refractivity (Wildman–Crippen MR) is 47.0 cm³/mol. The first kappa shape index (κ1) is 7.35. The highest BCUT2D eigenvalue weighted by Gasteiger charge is 2.07. The fourth-order valence-electron chi connectivity index (χ4n) is 1.17. The Morgan fingerprint density at radius 1 is 1.33 bits per heavy atom. The van der Waals surface area contributed by atoms with E-state index in [1.165, 1.54) is 6.07 Å². The molecule has 0 amide bonds. The van der Waals surface area contributed by atoms with E-state index < -0.39 is 0 Å². The molecule has 1 aromatic carbocycles. The Bertz CT molecular complexity index is 311. The maximum atomic E-state index is 13.0. The molecule has 2 heteroatoms. The van der Waals surface area contributed by atoms with E-state index in [-0.39, 0.29) is 5.82 Å². The van der Waals surface area contributed by atoms with E-state index >= 15 is 0 Å². The number of hydrogen-bond donors (Lipinski definition) is 1. The van der Waals surface area contributed by atoms with Crippen molar-refractivity contribution in [1.29, 1.82) is 0 Å². The Morgan fingerprint density at radius 3 is 2.67 bits per heavy atom. The summed E-state index contributed by atoms with van der Waals surface area (Å²) in [4.78, 5) is 0. The summed E-state index contributed by atoms with van der Waals surface area (Å²) >= 11 is 0. The van der Waals surface area contributed by atoms with Crippen LogP contribution < -0.4 is 5.32 Å². The highest BCUT2D eigenvalue weighted by atomic mass is 19.1. The van der Waals surface area contributed by atoms with Gasteiger partial charge in [0.05, 0.1) is 0 Å². The molecule has 2 rings (SSSR count). The van der Waals surface area contributed by atoms with Crippen LogP contribution in [0.15, 0.2) is 30.0 Å². The Morgan fingerprint density at radius 2 is 2.08 bits per heavy atom. The summed E-state index contributed by atoms with van der Waals surface area (Å²) < 4.78 is 13.0. The molecule has 1 aliphatic rings. The molecule has 1 fully saturated rings. The van der Waals surface area contributed by atoms with E-state index in [0.29, 0.717) is 5.56 Å². The van der Waals surface area contributed by atoms with Crippen LogP contribution in [0.25, 0.3) is 6.08 Å². The molecule has 0 bridgehead atoms. The molecule has 0 radical (unpaired) electrons. The van der Waals surface area contributed by atoms with Gasteiger partial charge in [-0.2, -0.15) is 0 Å². The summed E-state index contributed by atoms with van der Waals surface area (Å²) in [5.41, 5.74) is 1.79. The van der Waals surface area contributed by atoms with E-state index in [9.17, 15) is 4.39 Å². The van der Waals surface area contributed by atoms with Gasteiger partial charge < -0.3 is 5.32 Å². The molecule has 1 nitrogen and oxygen atoms in total. The lowest BCUT2D eigenvalue weighted by Gasteiger charge is -2.19. The number of nitrogens with one attached hydrogen (secondary N) is 1. The maximum absolute atomic E-state index is 13.0. The number of benzene rings is 1. The molecule has 0 aromatic heterocycles. The first-order valence-corrected chi connectivity index (χ1v) is 4.05. The van der Waals surface area contributed by atoms with Gasteiger partial charge in [-0.15, -0.1) is 0 Å². The molecule has 1 N–H and O–H groups in total. The van der Waals surface area contributed by atoms with Crippen molar-refractivity contribution < 1.29 is 4.39 Å². The second-order valence-electron chi connectivity index (χ2n) is 2.87. The van der Waals surface area contributed by atoms with Crippen LogP contribution in [0.4, 0.5) is 4.39 Å². The van der Waals surface area contributed by atoms with Gasteiger partial charge in [0.1, 0.15) is 5.82 Å². The minimum atomic E-state index is -0.154. The molecule has 0 atom stereocenters. The minimum Gasteiger partial charge on any atom is -0.388 e. The first-order chi connectivity index (χ1) is 5.86. The zero-order valence-corrected chi connectivity index (χ0v) is 6.68. The molecule has 0 aliphatic carbocycles. The zero-order chi connectivity index (χ0) is 8.39. The van der Waals surface area contributed by atoms with Crippen molar-refractivity contribution in [3.8, 4) is 0 Å². The maximum Gasteiger partial charge on any atom is 0.130 e. The molecule has 1 aromatic rings. The smallest absolute Gasteiger partial charge is 0.130 e. The van der Waals surface area contributed by atoms with E-state index in [0.717, 1.165) is 18.7 Å². The third kappa shape index (κ3) is 1.33. The highest BCUT2D eigenvalue weighted by molar-refractivity contribution is 5.54. The second-order valence-corrected chi connectivity index (χ2v) is 2.87. The van der Waals surface area contributed by atoms with Crippen LogP contribution in [-0.2, 0) is 0 Å². The zero-order valence-electron chi connectivity index (χ0n) is 6.68. The van der Waals surface area contributed by atoms with Gasteiger partial charge in [0.15, 0.2) is 0 Å². The predicted octanol–water partition coefficient (Wildman–Crippen LogP) is 2.16. The van der Waals surface area contributed by atoms with Crippen LogP contribution in [0, 0.1) is 5.82 Å². The fraction of sp³-hybridized carbons (Fsp3) is 0.200. The minimum absolute atomic E-state index is 0.154. The molecule has 0 unspecified atom stereocenters. The van der Waals surface area contributed by atoms with Crippen LogP contribution in [0.3, 0.4) is 0 Å². The van der Waals surface area contributed by atoms with Gasteiger partial charge in [0.2, 0.25) is 0 Å². The van der Waals surface area contributed by atoms with Gasteiger partial charge in [0, 0.05) is 24.2 Å². The lowest BCUT2D eigenvalue weighted by atomic mass is 10.1. The standard InChI is InChI=1S/C10H10FN/c11-10-4-2-1-3-8(10)7-9-5-6-12-9/h1-4,7,12H,5-6H2. The van der Waals surface area contributed by atoms with Crippen LogP contribution in [0.2, 0.25) is 0 Å². The molecule has 62 valence electrons. The number of rotatable bonds is 1. The van der Waals surface area contributed by atoms with Crippen LogP contribution >= 0.6 is 0 Å². The summed E-state index contributed by atoms with van der Waals surface area (Å²) in [6.07, 6.45) is 2.90. The van der Waals surface area contributed by atoms with Crippen molar-refractivity contribution in [2.75, 3.05) is 6.54 Å². The van der Waals surface area contributed by atoms with E-state index in [2.05, 4.69) is 5.32 Å². The third-order valence-corrected chi connectivity index (χ3v) is 1.98.